The Morgan fingerprint density at radius 2 is 1.66 bits per heavy atom. The van der Waals surface area contributed by atoms with Crippen molar-refractivity contribution in [1.29, 1.82) is 0 Å². The highest BCUT2D eigenvalue weighted by atomic mass is 16.2. The van der Waals surface area contributed by atoms with Gasteiger partial charge < -0.3 is 9.80 Å². The zero-order valence-corrected chi connectivity index (χ0v) is 20.2. The van der Waals surface area contributed by atoms with E-state index in [1.807, 2.05) is 32.8 Å². The summed E-state index contributed by atoms with van der Waals surface area (Å²) in [6.45, 7) is 15.6. The molecule has 7 nitrogen and oxygen atoms in total. The lowest BCUT2D eigenvalue weighted by Gasteiger charge is -2.39. The number of amides is 2. The molecule has 0 saturated carbocycles. The summed E-state index contributed by atoms with van der Waals surface area (Å²) in [6.07, 6.45) is 3.46. The van der Waals surface area contributed by atoms with Crippen molar-refractivity contribution < 1.29 is 9.59 Å². The standard InChI is InChI=1S/C25H35N5O2/c1-24(2,3)18-10-17(11-19(12-18)25(4,5)6)23(32)29-15-21(16-29)30-14-20(26-27-30)13-28-9-7-8-22(28)31/h10-12,14,21H,7-9,13,15-16H2,1-6H3. The van der Waals surface area contributed by atoms with Crippen molar-refractivity contribution >= 4 is 11.8 Å². The molecule has 2 amide bonds. The molecular formula is C25H35N5O2. The molecule has 0 radical (unpaired) electrons. The van der Waals surface area contributed by atoms with Crippen LogP contribution in [0, 0.1) is 0 Å². The van der Waals surface area contributed by atoms with Crippen LogP contribution in [0.1, 0.15) is 87.6 Å². The van der Waals surface area contributed by atoms with Crippen molar-refractivity contribution in [2.24, 2.45) is 0 Å². The number of hydrogen-bond donors (Lipinski definition) is 0. The van der Waals surface area contributed by atoms with Gasteiger partial charge in [-0.3, -0.25) is 9.59 Å². The second kappa shape index (κ2) is 8.01. The Kier molecular flexibility index (Phi) is 5.63. The van der Waals surface area contributed by atoms with Crippen LogP contribution in [0.3, 0.4) is 0 Å². The molecule has 7 heteroatoms. The molecule has 32 heavy (non-hydrogen) atoms. The summed E-state index contributed by atoms with van der Waals surface area (Å²) < 4.78 is 1.84. The predicted octanol–water partition coefficient (Wildman–Crippen LogP) is 3.69. The summed E-state index contributed by atoms with van der Waals surface area (Å²) in [5, 5.41) is 8.49. The lowest BCUT2D eigenvalue weighted by atomic mass is 9.79. The topological polar surface area (TPSA) is 71.3 Å². The van der Waals surface area contributed by atoms with Crippen LogP contribution in [0.4, 0.5) is 0 Å². The quantitative estimate of drug-likeness (QED) is 0.731. The lowest BCUT2D eigenvalue weighted by molar-refractivity contribution is -0.128. The van der Waals surface area contributed by atoms with Crippen LogP contribution in [0.2, 0.25) is 0 Å². The molecule has 2 aromatic rings. The molecule has 0 atom stereocenters. The number of benzene rings is 1. The van der Waals surface area contributed by atoms with Crippen molar-refractivity contribution in [1.82, 2.24) is 24.8 Å². The van der Waals surface area contributed by atoms with Crippen molar-refractivity contribution in [3.05, 3.63) is 46.8 Å². The van der Waals surface area contributed by atoms with Crippen LogP contribution in [-0.4, -0.2) is 56.2 Å². The lowest BCUT2D eigenvalue weighted by Crippen LogP contribution is -2.51. The molecule has 1 aromatic carbocycles. The third-order valence-corrected chi connectivity index (χ3v) is 6.52. The molecule has 2 aliphatic rings. The fourth-order valence-corrected chi connectivity index (χ4v) is 4.22. The Labute approximate surface area is 190 Å². The number of aromatic nitrogens is 3. The van der Waals surface area contributed by atoms with Gasteiger partial charge in [-0.1, -0.05) is 52.8 Å². The van der Waals surface area contributed by atoms with Gasteiger partial charge in [0.2, 0.25) is 5.91 Å². The van der Waals surface area contributed by atoms with E-state index in [0.717, 1.165) is 24.2 Å². The number of hydrogen-bond acceptors (Lipinski definition) is 4. The highest BCUT2D eigenvalue weighted by Gasteiger charge is 2.34. The average Bonchev–Trinajstić information content (AvgIpc) is 3.28. The van der Waals surface area contributed by atoms with Crippen LogP contribution < -0.4 is 0 Å². The SMILES string of the molecule is CC(C)(C)c1cc(C(=O)N2CC(n3cc(CN4CCCC4=O)nn3)C2)cc(C(C)(C)C)c1. The van der Waals surface area contributed by atoms with Gasteiger partial charge in [0, 0.05) is 31.6 Å². The Balaban J connectivity index is 1.44. The van der Waals surface area contributed by atoms with E-state index in [1.165, 1.54) is 11.1 Å². The third kappa shape index (κ3) is 4.57. The van der Waals surface area contributed by atoms with Gasteiger partial charge in [-0.25, -0.2) is 4.68 Å². The molecule has 4 rings (SSSR count). The largest absolute Gasteiger partial charge is 0.337 e. The molecule has 0 aliphatic carbocycles. The van der Waals surface area contributed by atoms with Gasteiger partial charge in [0.15, 0.2) is 0 Å². The number of likely N-dealkylation sites (tertiary alicyclic amines) is 2. The number of carbonyl (C=O) groups is 2. The second-order valence-corrected chi connectivity index (χ2v) is 11.3. The van der Waals surface area contributed by atoms with E-state index in [-0.39, 0.29) is 28.7 Å². The number of rotatable bonds is 4. The number of nitrogens with zero attached hydrogens (tertiary/aromatic N) is 5. The van der Waals surface area contributed by atoms with E-state index in [2.05, 4.69) is 57.9 Å². The maximum Gasteiger partial charge on any atom is 0.254 e. The average molecular weight is 438 g/mol. The molecule has 0 N–H and O–H groups in total. The van der Waals surface area contributed by atoms with Gasteiger partial charge in [0.1, 0.15) is 5.69 Å². The summed E-state index contributed by atoms with van der Waals surface area (Å²) in [4.78, 5) is 28.8. The minimum absolute atomic E-state index is 0.0262. The molecule has 172 valence electrons. The fraction of sp³-hybridized carbons (Fsp3) is 0.600. The predicted molar refractivity (Wildman–Crippen MR) is 123 cm³/mol. The summed E-state index contributed by atoms with van der Waals surface area (Å²) in [7, 11) is 0. The normalized spacial score (nSPS) is 17.8. The Morgan fingerprint density at radius 3 is 2.19 bits per heavy atom. The van der Waals surface area contributed by atoms with E-state index in [0.29, 0.717) is 26.1 Å². The van der Waals surface area contributed by atoms with Crippen LogP contribution in [0.15, 0.2) is 24.4 Å². The minimum atomic E-state index is -0.0262. The van der Waals surface area contributed by atoms with E-state index in [4.69, 9.17) is 0 Å². The summed E-state index contributed by atoms with van der Waals surface area (Å²) in [5.41, 5.74) is 3.87. The van der Waals surface area contributed by atoms with Crippen LogP contribution in [0.25, 0.3) is 0 Å². The monoisotopic (exact) mass is 437 g/mol. The van der Waals surface area contributed by atoms with Crippen molar-refractivity contribution in [2.45, 2.75) is 77.8 Å². The Hall–Kier alpha value is -2.70. The smallest absolute Gasteiger partial charge is 0.254 e. The fourth-order valence-electron chi connectivity index (χ4n) is 4.22. The van der Waals surface area contributed by atoms with Crippen LogP contribution >= 0.6 is 0 Å². The van der Waals surface area contributed by atoms with E-state index < -0.39 is 0 Å². The summed E-state index contributed by atoms with van der Waals surface area (Å²) in [6, 6.07) is 6.46. The summed E-state index contributed by atoms with van der Waals surface area (Å²) >= 11 is 0. The highest BCUT2D eigenvalue weighted by Crippen LogP contribution is 2.32. The summed E-state index contributed by atoms with van der Waals surface area (Å²) in [5.74, 6) is 0.257. The van der Waals surface area contributed by atoms with Crippen LogP contribution in [-0.2, 0) is 22.2 Å². The molecular weight excluding hydrogens is 402 g/mol. The van der Waals surface area contributed by atoms with Gasteiger partial charge >= 0.3 is 0 Å². The molecule has 2 fully saturated rings. The van der Waals surface area contributed by atoms with Gasteiger partial charge in [0.05, 0.1) is 18.8 Å². The maximum atomic E-state index is 13.3. The molecule has 0 spiro atoms. The van der Waals surface area contributed by atoms with Gasteiger partial charge in [0.25, 0.3) is 5.91 Å². The first-order valence-electron chi connectivity index (χ1n) is 11.6. The van der Waals surface area contributed by atoms with Crippen LogP contribution in [0.5, 0.6) is 0 Å². The van der Waals surface area contributed by atoms with Crippen molar-refractivity contribution in [3.63, 3.8) is 0 Å². The third-order valence-electron chi connectivity index (χ3n) is 6.52. The van der Waals surface area contributed by atoms with E-state index >= 15 is 0 Å². The molecule has 2 saturated heterocycles. The second-order valence-electron chi connectivity index (χ2n) is 11.3. The molecule has 0 bridgehead atoms. The Bertz CT molecular complexity index is 989. The first-order valence-corrected chi connectivity index (χ1v) is 11.6. The van der Waals surface area contributed by atoms with E-state index in [1.54, 1.807) is 0 Å². The molecule has 3 heterocycles. The first kappa shape index (κ1) is 22.5. The zero-order chi connectivity index (χ0) is 23.3. The first-order chi connectivity index (χ1) is 14.9. The van der Waals surface area contributed by atoms with Gasteiger partial charge in [-0.15, -0.1) is 5.10 Å². The number of carbonyl (C=O) groups excluding carboxylic acids is 2. The molecule has 2 aliphatic heterocycles. The van der Waals surface area contributed by atoms with Gasteiger partial charge in [-0.05, 0) is 40.5 Å². The van der Waals surface area contributed by atoms with Crippen molar-refractivity contribution in [2.75, 3.05) is 19.6 Å². The van der Waals surface area contributed by atoms with Crippen molar-refractivity contribution in [3.8, 4) is 0 Å². The highest BCUT2D eigenvalue weighted by molar-refractivity contribution is 5.95. The van der Waals surface area contributed by atoms with E-state index in [9.17, 15) is 9.59 Å². The van der Waals surface area contributed by atoms with Gasteiger partial charge in [-0.2, -0.15) is 0 Å². The Morgan fingerprint density at radius 1 is 1.03 bits per heavy atom. The maximum absolute atomic E-state index is 13.3. The molecule has 1 aromatic heterocycles. The minimum Gasteiger partial charge on any atom is -0.337 e. The molecule has 0 unspecified atom stereocenters. The zero-order valence-electron chi connectivity index (χ0n) is 20.2.